The van der Waals surface area contributed by atoms with Crippen LogP contribution in [0, 0.1) is 0 Å². The summed E-state index contributed by atoms with van der Waals surface area (Å²) < 4.78 is 5.06. The second kappa shape index (κ2) is 7.63. The van der Waals surface area contributed by atoms with E-state index in [9.17, 15) is 9.90 Å². The lowest BCUT2D eigenvalue weighted by molar-refractivity contribution is -0.131. The van der Waals surface area contributed by atoms with Crippen LogP contribution in [-0.2, 0) is 4.79 Å². The third-order valence-corrected chi connectivity index (χ3v) is 2.80. The summed E-state index contributed by atoms with van der Waals surface area (Å²) in [4.78, 5) is 10.5. The number of carboxylic acid groups (broad SMARTS) is 1. The Bertz CT molecular complexity index is 506. The molecule has 0 bridgehead atoms. The number of phenols is 1. The molecule has 0 heterocycles. The predicted octanol–water partition coefficient (Wildman–Crippen LogP) is 3.30. The number of aromatic hydroxyl groups is 1. The van der Waals surface area contributed by atoms with E-state index in [1.165, 1.54) is 13.2 Å². The molecule has 0 saturated heterocycles. The van der Waals surface area contributed by atoms with Crippen molar-refractivity contribution in [3.05, 3.63) is 35.4 Å². The fourth-order valence-corrected chi connectivity index (χ4v) is 1.74. The van der Waals surface area contributed by atoms with Crippen molar-refractivity contribution in [2.45, 2.75) is 6.42 Å². The van der Waals surface area contributed by atoms with E-state index >= 15 is 0 Å². The number of hydrogen-bond acceptors (Lipinski definition) is 3. The van der Waals surface area contributed by atoms with Crippen LogP contribution >= 0.6 is 15.9 Å². The first-order valence-electron chi connectivity index (χ1n) is 5.63. The second-order valence-electron chi connectivity index (χ2n) is 3.71. The summed E-state index contributed by atoms with van der Waals surface area (Å²) in [5.41, 5.74) is 1.24. The molecule has 0 fully saturated rings. The molecule has 0 aromatic heterocycles. The molecule has 0 radical (unpaired) electrons. The van der Waals surface area contributed by atoms with Crippen LogP contribution in [0.15, 0.2) is 24.3 Å². The highest BCUT2D eigenvalue weighted by atomic mass is 79.9. The number of hydrogen-bond donors (Lipinski definition) is 2. The molecule has 0 amide bonds. The zero-order valence-corrected chi connectivity index (χ0v) is 12.1. The summed E-state index contributed by atoms with van der Waals surface area (Å²) >= 11 is 3.31. The Kier molecular flexibility index (Phi) is 6.15. The van der Waals surface area contributed by atoms with E-state index in [0.29, 0.717) is 16.9 Å². The Labute approximate surface area is 120 Å². The molecule has 0 aliphatic heterocycles. The van der Waals surface area contributed by atoms with Crippen molar-refractivity contribution in [1.29, 1.82) is 0 Å². The normalized spacial score (nSPS) is 11.3. The van der Waals surface area contributed by atoms with E-state index in [0.717, 1.165) is 17.8 Å². The molecule has 4 nitrogen and oxygen atoms in total. The van der Waals surface area contributed by atoms with Gasteiger partial charge in [0.25, 0.3) is 0 Å². The quantitative estimate of drug-likeness (QED) is 0.621. The average Bonchev–Trinajstić information content (AvgIpc) is 2.39. The number of halogens is 1. The van der Waals surface area contributed by atoms with Gasteiger partial charge in [-0.15, -0.1) is 0 Å². The monoisotopic (exact) mass is 326 g/mol. The Morgan fingerprint density at radius 3 is 2.74 bits per heavy atom. The number of benzene rings is 1. The molecule has 0 unspecified atom stereocenters. The summed E-state index contributed by atoms with van der Waals surface area (Å²) in [6.45, 7) is 0. The van der Waals surface area contributed by atoms with E-state index in [4.69, 9.17) is 9.84 Å². The van der Waals surface area contributed by atoms with Gasteiger partial charge in [-0.3, -0.25) is 0 Å². The van der Waals surface area contributed by atoms with E-state index in [-0.39, 0.29) is 5.75 Å². The van der Waals surface area contributed by atoms with Gasteiger partial charge in [-0.2, -0.15) is 0 Å². The van der Waals surface area contributed by atoms with Crippen molar-refractivity contribution < 1.29 is 19.7 Å². The molecule has 0 aliphatic carbocycles. The van der Waals surface area contributed by atoms with Gasteiger partial charge in [-0.1, -0.05) is 28.1 Å². The van der Waals surface area contributed by atoms with Gasteiger partial charge in [0.1, 0.15) is 0 Å². The maximum Gasteiger partial charge on any atom is 0.328 e. The molecule has 2 N–H and O–H groups in total. The highest BCUT2D eigenvalue weighted by Gasteiger charge is 2.07. The molecular formula is C14H15BrO4. The minimum Gasteiger partial charge on any atom is -0.504 e. The lowest BCUT2D eigenvalue weighted by Gasteiger charge is -2.08. The lowest BCUT2D eigenvalue weighted by atomic mass is 10.1. The summed E-state index contributed by atoms with van der Waals surface area (Å²) in [6.07, 6.45) is 7.01. The van der Waals surface area contributed by atoms with Crippen LogP contribution in [0.1, 0.15) is 17.5 Å². The van der Waals surface area contributed by atoms with Gasteiger partial charge in [0.05, 0.1) is 7.11 Å². The summed E-state index contributed by atoms with van der Waals surface area (Å²) in [5.74, 6) is -0.671. The van der Waals surface area contributed by atoms with E-state index in [2.05, 4.69) is 15.9 Å². The maximum atomic E-state index is 10.5. The van der Waals surface area contributed by atoms with Gasteiger partial charge in [-0.05, 0) is 30.2 Å². The zero-order valence-electron chi connectivity index (χ0n) is 10.5. The molecular weight excluding hydrogens is 312 g/mol. The number of allylic oxidation sites excluding steroid dienone is 1. The number of methoxy groups -OCH3 is 1. The molecule has 0 spiro atoms. The topological polar surface area (TPSA) is 66.8 Å². The third-order valence-electron chi connectivity index (χ3n) is 2.34. The van der Waals surface area contributed by atoms with Crippen molar-refractivity contribution >= 4 is 34.1 Å². The molecule has 1 rings (SSSR count). The van der Waals surface area contributed by atoms with Gasteiger partial charge in [0.15, 0.2) is 11.5 Å². The Balaban J connectivity index is 3.14. The maximum absolute atomic E-state index is 10.5. The molecule has 1 aromatic rings. The highest BCUT2D eigenvalue weighted by molar-refractivity contribution is 9.09. The largest absolute Gasteiger partial charge is 0.504 e. The standard InChI is InChI=1S/C14H15BrO4/c1-19-12-9-10(5-6-13(16)17)8-11(14(12)18)4-2-3-7-15/h2,4-6,8-9,18H,3,7H2,1H3,(H,16,17). The Morgan fingerprint density at radius 1 is 1.42 bits per heavy atom. The molecule has 0 atom stereocenters. The van der Waals surface area contributed by atoms with Crippen LogP contribution in [0.2, 0.25) is 0 Å². The second-order valence-corrected chi connectivity index (χ2v) is 4.51. The van der Waals surface area contributed by atoms with Crippen molar-refractivity contribution in [1.82, 2.24) is 0 Å². The van der Waals surface area contributed by atoms with Gasteiger partial charge < -0.3 is 14.9 Å². The fourth-order valence-electron chi connectivity index (χ4n) is 1.47. The molecule has 102 valence electrons. The molecule has 0 saturated carbocycles. The van der Waals surface area contributed by atoms with Crippen LogP contribution in [0.3, 0.4) is 0 Å². The van der Waals surface area contributed by atoms with Crippen molar-refractivity contribution in [3.8, 4) is 11.5 Å². The number of ether oxygens (including phenoxy) is 1. The van der Waals surface area contributed by atoms with Crippen molar-refractivity contribution in [3.63, 3.8) is 0 Å². The van der Waals surface area contributed by atoms with Gasteiger partial charge in [0.2, 0.25) is 0 Å². The van der Waals surface area contributed by atoms with Gasteiger partial charge in [-0.25, -0.2) is 4.79 Å². The summed E-state index contributed by atoms with van der Waals surface area (Å²) in [7, 11) is 1.45. The Hall–Kier alpha value is -1.75. The molecule has 0 aliphatic rings. The van der Waals surface area contributed by atoms with Crippen LogP contribution < -0.4 is 4.74 Å². The number of carboxylic acids is 1. The van der Waals surface area contributed by atoms with E-state index in [1.807, 2.05) is 6.08 Å². The fraction of sp³-hybridized carbons (Fsp3) is 0.214. The molecule has 1 aromatic carbocycles. The van der Waals surface area contributed by atoms with Crippen LogP contribution in [0.4, 0.5) is 0 Å². The highest BCUT2D eigenvalue weighted by Crippen LogP contribution is 2.32. The first kappa shape index (κ1) is 15.3. The smallest absolute Gasteiger partial charge is 0.328 e. The molecule has 5 heteroatoms. The Morgan fingerprint density at radius 2 is 2.16 bits per heavy atom. The minimum atomic E-state index is -1.02. The van der Waals surface area contributed by atoms with E-state index < -0.39 is 5.97 Å². The lowest BCUT2D eigenvalue weighted by Crippen LogP contribution is -1.89. The molecule has 19 heavy (non-hydrogen) atoms. The number of alkyl halides is 1. The first-order valence-corrected chi connectivity index (χ1v) is 6.75. The van der Waals surface area contributed by atoms with Gasteiger partial charge in [0, 0.05) is 17.0 Å². The number of carbonyl (C=O) groups is 1. The zero-order chi connectivity index (χ0) is 14.3. The third kappa shape index (κ3) is 4.79. The van der Waals surface area contributed by atoms with Crippen LogP contribution in [-0.4, -0.2) is 28.6 Å². The predicted molar refractivity (Wildman–Crippen MR) is 78.8 cm³/mol. The summed E-state index contributed by atoms with van der Waals surface area (Å²) in [5, 5.41) is 19.4. The van der Waals surface area contributed by atoms with Crippen LogP contribution in [0.25, 0.3) is 12.2 Å². The van der Waals surface area contributed by atoms with Crippen molar-refractivity contribution in [2.75, 3.05) is 12.4 Å². The van der Waals surface area contributed by atoms with E-state index in [1.54, 1.807) is 18.2 Å². The average molecular weight is 327 g/mol. The SMILES string of the molecule is COc1cc(C=CC(=O)O)cc(C=CCCBr)c1O. The first-order chi connectivity index (χ1) is 9.08. The number of phenolic OH excluding ortho intramolecular Hbond substituents is 1. The number of aliphatic carboxylic acids is 1. The van der Waals surface area contributed by atoms with Gasteiger partial charge >= 0.3 is 5.97 Å². The minimum absolute atomic E-state index is 0.0424. The van der Waals surface area contributed by atoms with Crippen LogP contribution in [0.5, 0.6) is 11.5 Å². The summed E-state index contributed by atoms with van der Waals surface area (Å²) in [6, 6.07) is 3.28. The van der Waals surface area contributed by atoms with Crippen molar-refractivity contribution in [2.24, 2.45) is 0 Å². The number of rotatable bonds is 6.